The van der Waals surface area contributed by atoms with Crippen LogP contribution in [0.5, 0.6) is 0 Å². The van der Waals surface area contributed by atoms with Gasteiger partial charge in [-0.3, -0.25) is 10.1 Å². The highest BCUT2D eigenvalue weighted by atomic mass is 35.5. The summed E-state index contributed by atoms with van der Waals surface area (Å²) < 4.78 is 0. The third-order valence-corrected chi connectivity index (χ3v) is 4.47. The first-order chi connectivity index (χ1) is 9.15. The molecule has 0 spiro atoms. The highest BCUT2D eigenvalue weighted by Crippen LogP contribution is 2.36. The van der Waals surface area contributed by atoms with Gasteiger partial charge in [0.2, 0.25) is 0 Å². The summed E-state index contributed by atoms with van der Waals surface area (Å²) in [4.78, 5) is 13.1. The van der Waals surface area contributed by atoms with Crippen LogP contribution in [0.3, 0.4) is 0 Å². The van der Waals surface area contributed by atoms with E-state index in [1.807, 2.05) is 0 Å². The van der Waals surface area contributed by atoms with E-state index in [9.17, 15) is 10.1 Å². The fourth-order valence-electron chi connectivity index (χ4n) is 3.15. The van der Waals surface area contributed by atoms with Crippen LogP contribution in [0, 0.1) is 16.0 Å². The number of nitro benzene ring substituents is 1. The summed E-state index contributed by atoms with van der Waals surface area (Å²) in [6.07, 6.45) is 2.35. The molecule has 1 atom stereocenters. The molecule has 3 saturated heterocycles. The number of rotatable bonds is 3. The maximum atomic E-state index is 11.1. The van der Waals surface area contributed by atoms with Crippen molar-refractivity contribution in [1.82, 2.24) is 4.90 Å². The van der Waals surface area contributed by atoms with Gasteiger partial charge in [0.25, 0.3) is 0 Å². The van der Waals surface area contributed by atoms with E-state index >= 15 is 0 Å². The molecule has 1 N–H and O–H groups in total. The quantitative estimate of drug-likeness (QED) is 0.684. The normalized spacial score (nSPS) is 29.2. The molecule has 3 heterocycles. The third kappa shape index (κ3) is 2.40. The number of nitrogens with zero attached hydrogens (tertiary/aromatic N) is 2. The molecular formula is C13H16ClN3O2. The van der Waals surface area contributed by atoms with E-state index in [0.29, 0.717) is 17.6 Å². The SMILES string of the molecule is O=[N+]([O-])c1c(Cl)cccc1NC1CN2CCC1CC2. The zero-order chi connectivity index (χ0) is 13.4. The molecule has 3 aliphatic rings. The molecule has 3 fully saturated rings. The van der Waals surface area contributed by atoms with E-state index in [1.165, 1.54) is 12.8 Å². The van der Waals surface area contributed by atoms with Crippen LogP contribution in [-0.4, -0.2) is 35.5 Å². The Labute approximate surface area is 116 Å². The van der Waals surface area contributed by atoms with Crippen molar-refractivity contribution >= 4 is 23.0 Å². The Morgan fingerprint density at radius 3 is 2.68 bits per heavy atom. The van der Waals surface area contributed by atoms with Gasteiger partial charge in [-0.05, 0) is 44.0 Å². The van der Waals surface area contributed by atoms with Gasteiger partial charge < -0.3 is 10.2 Å². The van der Waals surface area contributed by atoms with Gasteiger partial charge in [0.15, 0.2) is 0 Å². The summed E-state index contributed by atoms with van der Waals surface area (Å²) in [5.41, 5.74) is 0.525. The molecule has 5 nitrogen and oxygen atoms in total. The smallest absolute Gasteiger partial charge is 0.310 e. The number of hydrogen-bond donors (Lipinski definition) is 1. The molecule has 1 aromatic carbocycles. The van der Waals surface area contributed by atoms with Crippen molar-refractivity contribution in [2.75, 3.05) is 25.0 Å². The minimum Gasteiger partial charge on any atom is -0.375 e. The van der Waals surface area contributed by atoms with Crippen molar-refractivity contribution in [3.05, 3.63) is 33.3 Å². The van der Waals surface area contributed by atoms with Gasteiger partial charge in [0.05, 0.1) is 4.92 Å². The predicted octanol–water partition coefficient (Wildman–Crippen LogP) is 2.75. The van der Waals surface area contributed by atoms with Crippen molar-refractivity contribution in [2.24, 2.45) is 5.92 Å². The van der Waals surface area contributed by atoms with E-state index < -0.39 is 4.92 Å². The van der Waals surface area contributed by atoms with Gasteiger partial charge in [-0.2, -0.15) is 0 Å². The Hall–Kier alpha value is -1.33. The van der Waals surface area contributed by atoms with E-state index in [4.69, 9.17) is 11.6 Å². The Morgan fingerprint density at radius 1 is 1.37 bits per heavy atom. The van der Waals surface area contributed by atoms with Crippen LogP contribution in [-0.2, 0) is 0 Å². The monoisotopic (exact) mass is 281 g/mol. The number of piperidine rings is 3. The average molecular weight is 282 g/mol. The van der Waals surface area contributed by atoms with Gasteiger partial charge in [-0.25, -0.2) is 0 Å². The van der Waals surface area contributed by atoms with Crippen LogP contribution >= 0.6 is 11.6 Å². The van der Waals surface area contributed by atoms with Gasteiger partial charge in [0, 0.05) is 12.6 Å². The topological polar surface area (TPSA) is 58.4 Å². The van der Waals surface area contributed by atoms with E-state index in [1.54, 1.807) is 18.2 Å². The number of nitro groups is 1. The highest BCUT2D eigenvalue weighted by Gasteiger charge is 2.35. The van der Waals surface area contributed by atoms with Crippen molar-refractivity contribution in [3.63, 3.8) is 0 Å². The van der Waals surface area contributed by atoms with Crippen molar-refractivity contribution < 1.29 is 4.92 Å². The summed E-state index contributed by atoms with van der Waals surface area (Å²) in [5.74, 6) is 0.614. The fraction of sp³-hybridized carbons (Fsp3) is 0.538. The summed E-state index contributed by atoms with van der Waals surface area (Å²) in [6, 6.07) is 5.34. The lowest BCUT2D eigenvalue weighted by Crippen LogP contribution is -2.53. The van der Waals surface area contributed by atoms with Gasteiger partial charge in [-0.15, -0.1) is 0 Å². The zero-order valence-corrected chi connectivity index (χ0v) is 11.3. The largest absolute Gasteiger partial charge is 0.375 e. The first kappa shape index (κ1) is 12.7. The summed E-state index contributed by atoms with van der Waals surface area (Å²) in [5, 5.41) is 14.6. The summed E-state index contributed by atoms with van der Waals surface area (Å²) >= 11 is 5.93. The number of nitrogens with one attached hydrogen (secondary N) is 1. The summed E-state index contributed by atoms with van der Waals surface area (Å²) in [6.45, 7) is 3.27. The number of anilines is 1. The molecule has 4 rings (SSSR count). The number of benzene rings is 1. The van der Waals surface area contributed by atoms with E-state index in [-0.39, 0.29) is 10.7 Å². The molecule has 1 unspecified atom stereocenters. The number of para-hydroxylation sites is 1. The van der Waals surface area contributed by atoms with E-state index in [0.717, 1.165) is 19.6 Å². The van der Waals surface area contributed by atoms with Crippen LogP contribution in [0.25, 0.3) is 0 Å². The van der Waals surface area contributed by atoms with Crippen LogP contribution in [0.4, 0.5) is 11.4 Å². The molecule has 102 valence electrons. The zero-order valence-electron chi connectivity index (χ0n) is 10.5. The van der Waals surface area contributed by atoms with Crippen molar-refractivity contribution in [2.45, 2.75) is 18.9 Å². The van der Waals surface area contributed by atoms with Crippen LogP contribution in [0.2, 0.25) is 5.02 Å². The Kier molecular flexibility index (Phi) is 3.33. The van der Waals surface area contributed by atoms with Crippen molar-refractivity contribution in [1.29, 1.82) is 0 Å². The Morgan fingerprint density at radius 2 is 2.11 bits per heavy atom. The Balaban J connectivity index is 1.84. The fourth-order valence-corrected chi connectivity index (χ4v) is 3.39. The van der Waals surface area contributed by atoms with Crippen LogP contribution in [0.1, 0.15) is 12.8 Å². The lowest BCUT2D eigenvalue weighted by Gasteiger charge is -2.45. The second-order valence-corrected chi connectivity index (χ2v) is 5.69. The minimum absolute atomic E-state index is 0.0133. The average Bonchev–Trinajstić information content (AvgIpc) is 2.39. The van der Waals surface area contributed by atoms with Crippen molar-refractivity contribution in [3.8, 4) is 0 Å². The second kappa shape index (κ2) is 4.98. The van der Waals surface area contributed by atoms with Gasteiger partial charge in [0.1, 0.15) is 10.7 Å². The molecular weight excluding hydrogens is 266 g/mol. The lowest BCUT2D eigenvalue weighted by molar-refractivity contribution is -0.383. The maximum absolute atomic E-state index is 11.1. The van der Waals surface area contributed by atoms with E-state index in [2.05, 4.69) is 10.2 Å². The maximum Gasteiger partial charge on any atom is 0.310 e. The third-order valence-electron chi connectivity index (χ3n) is 4.17. The molecule has 0 aliphatic carbocycles. The Bertz CT molecular complexity index is 501. The predicted molar refractivity (Wildman–Crippen MR) is 74.7 cm³/mol. The van der Waals surface area contributed by atoms with Gasteiger partial charge >= 0.3 is 5.69 Å². The standard InChI is InChI=1S/C13H16ClN3O2/c14-10-2-1-3-11(13(10)17(18)19)15-12-8-16-6-4-9(12)5-7-16/h1-3,9,12,15H,4-8H2. The molecule has 0 aromatic heterocycles. The molecule has 6 heteroatoms. The highest BCUT2D eigenvalue weighted by molar-refractivity contribution is 6.33. The molecule has 1 aromatic rings. The molecule has 19 heavy (non-hydrogen) atoms. The first-order valence-corrected chi connectivity index (χ1v) is 6.95. The summed E-state index contributed by atoms with van der Waals surface area (Å²) in [7, 11) is 0. The molecule has 0 radical (unpaired) electrons. The number of hydrogen-bond acceptors (Lipinski definition) is 4. The number of halogens is 1. The van der Waals surface area contributed by atoms with Crippen LogP contribution in [0.15, 0.2) is 18.2 Å². The minimum atomic E-state index is -0.411. The molecule has 0 saturated carbocycles. The van der Waals surface area contributed by atoms with Gasteiger partial charge in [-0.1, -0.05) is 17.7 Å². The van der Waals surface area contributed by atoms with Crippen LogP contribution < -0.4 is 5.32 Å². The number of fused-ring (bicyclic) bond motifs is 3. The lowest BCUT2D eigenvalue weighted by atomic mass is 9.84. The molecule has 3 aliphatic heterocycles. The molecule has 2 bridgehead atoms. The molecule has 0 amide bonds. The second-order valence-electron chi connectivity index (χ2n) is 5.28. The first-order valence-electron chi connectivity index (χ1n) is 6.57.